The molecule has 2 aromatic carbocycles. The third-order valence-corrected chi connectivity index (χ3v) is 6.26. The van der Waals surface area contributed by atoms with Crippen LogP contribution in [0.2, 0.25) is 0 Å². The minimum absolute atomic E-state index is 0.278. The fourth-order valence-corrected chi connectivity index (χ4v) is 4.71. The molecule has 0 atom stereocenters. The smallest absolute Gasteiger partial charge is 0.293 e. The van der Waals surface area contributed by atoms with Gasteiger partial charge in [0, 0.05) is 27.6 Å². The van der Waals surface area contributed by atoms with Gasteiger partial charge in [0.1, 0.15) is 5.58 Å². The number of amides is 1. The topological polar surface area (TPSA) is 101 Å². The van der Waals surface area contributed by atoms with E-state index in [4.69, 9.17) is 4.42 Å². The summed E-state index contributed by atoms with van der Waals surface area (Å²) in [5.74, 6) is -0.0681. The molecule has 1 amide bonds. The minimum atomic E-state index is -3.33. The molecule has 9 heteroatoms. The van der Waals surface area contributed by atoms with Crippen molar-refractivity contribution >= 4 is 49.1 Å². The summed E-state index contributed by atoms with van der Waals surface area (Å²) in [5, 5.41) is 6.06. The van der Waals surface area contributed by atoms with Crippen LogP contribution < -0.4 is 10.0 Å². The number of nitrogens with zero attached hydrogens (tertiary/aromatic N) is 1. The number of sulfonamides is 1. The average molecular weight is 456 g/mol. The van der Waals surface area contributed by atoms with Gasteiger partial charge in [-0.3, -0.25) is 14.8 Å². The van der Waals surface area contributed by atoms with Crippen LogP contribution in [-0.2, 0) is 10.0 Å². The van der Waals surface area contributed by atoms with Crippen molar-refractivity contribution in [2.24, 2.45) is 0 Å². The molecule has 0 aliphatic carbocycles. The molecular weight excluding hydrogens is 434 g/mol. The summed E-state index contributed by atoms with van der Waals surface area (Å²) >= 11 is 1.30. The van der Waals surface area contributed by atoms with Crippen LogP contribution in [0.4, 0.5) is 10.8 Å². The van der Waals surface area contributed by atoms with Crippen LogP contribution in [0.25, 0.3) is 22.2 Å². The highest BCUT2D eigenvalue weighted by molar-refractivity contribution is 7.92. The van der Waals surface area contributed by atoms with E-state index >= 15 is 0 Å². The Kier molecular flexibility index (Phi) is 5.32. The highest BCUT2D eigenvalue weighted by Gasteiger charge is 2.21. The molecule has 0 aliphatic rings. The summed E-state index contributed by atoms with van der Waals surface area (Å²) in [6.07, 6.45) is 1.10. The lowest BCUT2D eigenvalue weighted by Crippen LogP contribution is -2.11. The van der Waals surface area contributed by atoms with Crippen molar-refractivity contribution in [3.05, 3.63) is 64.2 Å². The summed E-state index contributed by atoms with van der Waals surface area (Å²) in [4.78, 5) is 17.3. The van der Waals surface area contributed by atoms with Crippen molar-refractivity contribution in [3.8, 4) is 11.3 Å². The zero-order valence-electron chi connectivity index (χ0n) is 17.4. The number of hydrogen-bond donors (Lipinski definition) is 2. The highest BCUT2D eigenvalue weighted by atomic mass is 32.2. The molecule has 0 saturated carbocycles. The molecule has 160 valence electrons. The van der Waals surface area contributed by atoms with E-state index in [-0.39, 0.29) is 11.7 Å². The summed E-state index contributed by atoms with van der Waals surface area (Å²) in [7, 11) is -3.33. The van der Waals surface area contributed by atoms with Gasteiger partial charge in [-0.15, -0.1) is 11.3 Å². The molecule has 0 aliphatic heterocycles. The predicted molar refractivity (Wildman–Crippen MR) is 124 cm³/mol. The van der Waals surface area contributed by atoms with Gasteiger partial charge < -0.3 is 4.42 Å². The predicted octanol–water partition coefficient (Wildman–Crippen LogP) is 5.11. The molecule has 7 nitrogen and oxygen atoms in total. The zero-order valence-corrected chi connectivity index (χ0v) is 19.1. The normalized spacial score (nSPS) is 11.6. The molecular formula is C22H21N3O4S2. The molecule has 2 heterocycles. The first-order valence-corrected chi connectivity index (χ1v) is 12.2. The van der Waals surface area contributed by atoms with Gasteiger partial charge in [-0.05, 0) is 44.0 Å². The van der Waals surface area contributed by atoms with Crippen molar-refractivity contribution in [3.63, 3.8) is 0 Å². The third kappa shape index (κ3) is 4.33. The Hall–Kier alpha value is -3.17. The Morgan fingerprint density at radius 3 is 2.35 bits per heavy atom. The first kappa shape index (κ1) is 21.1. The monoisotopic (exact) mass is 455 g/mol. The van der Waals surface area contributed by atoms with Gasteiger partial charge in [0.15, 0.2) is 10.9 Å². The van der Waals surface area contributed by atoms with Crippen molar-refractivity contribution < 1.29 is 17.6 Å². The Morgan fingerprint density at radius 2 is 1.71 bits per heavy atom. The lowest BCUT2D eigenvalue weighted by molar-refractivity contribution is 0.0998. The van der Waals surface area contributed by atoms with Crippen LogP contribution in [0.15, 0.2) is 46.2 Å². The molecule has 0 saturated heterocycles. The fraction of sp³-hybridized carbons (Fsp3) is 0.182. The van der Waals surface area contributed by atoms with Crippen LogP contribution in [-0.4, -0.2) is 25.6 Å². The van der Waals surface area contributed by atoms with E-state index in [9.17, 15) is 13.2 Å². The minimum Gasteiger partial charge on any atom is -0.450 e. The molecule has 31 heavy (non-hydrogen) atoms. The lowest BCUT2D eigenvalue weighted by Gasteiger charge is -2.04. The number of anilines is 2. The van der Waals surface area contributed by atoms with Gasteiger partial charge in [-0.2, -0.15) is 0 Å². The van der Waals surface area contributed by atoms with Gasteiger partial charge in [-0.25, -0.2) is 13.4 Å². The van der Waals surface area contributed by atoms with E-state index in [2.05, 4.69) is 15.0 Å². The lowest BCUT2D eigenvalue weighted by atomic mass is 10.0. The number of thiazole rings is 1. The molecule has 0 spiro atoms. The van der Waals surface area contributed by atoms with Crippen molar-refractivity contribution in [2.45, 2.75) is 20.8 Å². The largest absolute Gasteiger partial charge is 0.450 e. The van der Waals surface area contributed by atoms with Gasteiger partial charge in [0.05, 0.1) is 11.9 Å². The highest BCUT2D eigenvalue weighted by Crippen LogP contribution is 2.32. The SMILES string of the molecule is Cc1ccc(C)c2c(C)c(C(=O)Nc3nc(-c4ccc(NS(C)(=O)=O)cc4)cs3)oc12. The number of rotatable bonds is 5. The number of benzene rings is 2. The summed E-state index contributed by atoms with van der Waals surface area (Å²) < 4.78 is 31.0. The molecule has 0 unspecified atom stereocenters. The maximum absolute atomic E-state index is 12.8. The first-order valence-electron chi connectivity index (χ1n) is 9.47. The van der Waals surface area contributed by atoms with E-state index in [1.165, 1.54) is 11.3 Å². The van der Waals surface area contributed by atoms with Crippen molar-refractivity contribution in [1.29, 1.82) is 0 Å². The standard InChI is InChI=1S/C22H21N3O4S2/c1-12-5-6-13(2)19-18(12)14(3)20(29-19)21(26)24-22-23-17(11-30-22)15-7-9-16(10-8-15)25-31(4,27)28/h5-11,25H,1-4H3,(H,23,24,26). The van der Waals surface area contributed by atoms with E-state index < -0.39 is 10.0 Å². The van der Waals surface area contributed by atoms with Gasteiger partial charge in [0.2, 0.25) is 10.0 Å². The van der Waals surface area contributed by atoms with E-state index in [1.807, 2.05) is 38.3 Å². The molecule has 0 fully saturated rings. The molecule has 0 radical (unpaired) electrons. The Bertz CT molecular complexity index is 1400. The number of hydrogen-bond acceptors (Lipinski definition) is 6. The van der Waals surface area contributed by atoms with E-state index in [0.29, 0.717) is 16.5 Å². The number of fused-ring (bicyclic) bond motifs is 1. The van der Waals surface area contributed by atoms with Gasteiger partial charge >= 0.3 is 0 Å². The maximum Gasteiger partial charge on any atom is 0.293 e. The van der Waals surface area contributed by atoms with Crippen molar-refractivity contribution in [2.75, 3.05) is 16.3 Å². The van der Waals surface area contributed by atoms with Gasteiger partial charge in [-0.1, -0.05) is 24.3 Å². The number of aromatic nitrogens is 1. The van der Waals surface area contributed by atoms with Crippen LogP contribution in [0.3, 0.4) is 0 Å². The number of carbonyl (C=O) groups is 1. The molecule has 0 bridgehead atoms. The van der Waals surface area contributed by atoms with E-state index in [1.54, 1.807) is 24.3 Å². The molecule has 4 aromatic rings. The summed E-state index contributed by atoms with van der Waals surface area (Å²) in [5.41, 5.74) is 5.53. The van der Waals surface area contributed by atoms with Crippen LogP contribution >= 0.6 is 11.3 Å². The third-order valence-electron chi connectivity index (χ3n) is 4.90. The van der Waals surface area contributed by atoms with Crippen LogP contribution in [0.1, 0.15) is 27.2 Å². The zero-order chi connectivity index (χ0) is 22.3. The second kappa shape index (κ2) is 7.82. The second-order valence-corrected chi connectivity index (χ2v) is 10.0. The fourth-order valence-electron chi connectivity index (χ4n) is 3.43. The van der Waals surface area contributed by atoms with E-state index in [0.717, 1.165) is 39.5 Å². The number of aryl methyl sites for hydroxylation is 3. The Balaban J connectivity index is 1.55. The summed E-state index contributed by atoms with van der Waals surface area (Å²) in [6, 6.07) is 10.9. The van der Waals surface area contributed by atoms with Crippen LogP contribution in [0.5, 0.6) is 0 Å². The number of nitrogens with one attached hydrogen (secondary N) is 2. The second-order valence-electron chi connectivity index (χ2n) is 7.40. The van der Waals surface area contributed by atoms with Crippen LogP contribution in [0, 0.1) is 20.8 Å². The summed E-state index contributed by atoms with van der Waals surface area (Å²) in [6.45, 7) is 5.83. The maximum atomic E-state index is 12.8. The Morgan fingerprint density at radius 1 is 1.03 bits per heavy atom. The quantitative estimate of drug-likeness (QED) is 0.436. The number of furan rings is 1. The van der Waals surface area contributed by atoms with Gasteiger partial charge in [0.25, 0.3) is 5.91 Å². The molecule has 2 aromatic heterocycles. The first-order chi connectivity index (χ1) is 14.6. The number of carbonyl (C=O) groups excluding carboxylic acids is 1. The van der Waals surface area contributed by atoms with Crippen molar-refractivity contribution in [1.82, 2.24) is 4.98 Å². The Labute approximate surface area is 184 Å². The molecule has 2 N–H and O–H groups in total. The molecule has 4 rings (SSSR count). The average Bonchev–Trinajstić information content (AvgIpc) is 3.29.